The van der Waals surface area contributed by atoms with Gasteiger partial charge in [0.05, 0.1) is 16.9 Å². The monoisotopic (exact) mass is 299 g/mol. The van der Waals surface area contributed by atoms with Gasteiger partial charge in [0.15, 0.2) is 5.75 Å². The fourth-order valence-corrected chi connectivity index (χ4v) is 2.28. The number of ether oxygens (including phenoxy) is 1. The Morgan fingerprint density at radius 1 is 1.26 bits per heavy atom. The molecule has 0 saturated carbocycles. The molecule has 0 aliphatic carbocycles. The van der Waals surface area contributed by atoms with Crippen LogP contribution in [0.1, 0.15) is 0 Å². The molecule has 0 radical (unpaired) electrons. The molecule has 0 unspecified atom stereocenters. The van der Waals surface area contributed by atoms with E-state index in [1.54, 1.807) is 0 Å². The average Bonchev–Trinajstić information content (AvgIpc) is 2.30. The molecule has 0 atom stereocenters. The van der Waals surface area contributed by atoms with Crippen LogP contribution in [0.4, 0.5) is 5.69 Å². The van der Waals surface area contributed by atoms with Gasteiger partial charge in [-0.15, -0.1) is 0 Å². The number of pyridine rings is 1. The predicted molar refractivity (Wildman–Crippen MR) is 71.5 cm³/mol. The minimum Gasteiger partial charge on any atom is -0.453 e. The number of sulfonamides is 1. The Labute approximate surface area is 115 Å². The van der Waals surface area contributed by atoms with Crippen LogP contribution in [0.2, 0.25) is 5.02 Å². The first-order valence-corrected chi connectivity index (χ1v) is 7.00. The number of rotatable bonds is 3. The zero-order valence-electron chi connectivity index (χ0n) is 9.58. The van der Waals surface area contributed by atoms with Gasteiger partial charge >= 0.3 is 0 Å². The lowest BCUT2D eigenvalue weighted by Gasteiger charge is -2.10. The molecule has 1 heterocycles. The molecule has 0 saturated heterocycles. The van der Waals surface area contributed by atoms with Crippen molar-refractivity contribution in [3.8, 4) is 11.5 Å². The number of primary sulfonamides is 1. The van der Waals surface area contributed by atoms with Crippen molar-refractivity contribution in [2.45, 2.75) is 4.90 Å². The molecule has 1 aromatic heterocycles. The zero-order chi connectivity index (χ0) is 14.0. The fraction of sp³-hybridized carbons (Fsp3) is 0. The second-order valence-electron chi connectivity index (χ2n) is 3.65. The highest BCUT2D eigenvalue weighted by Gasteiger charge is 2.16. The highest BCUT2D eigenvalue weighted by atomic mass is 35.5. The highest BCUT2D eigenvalue weighted by Crippen LogP contribution is 2.32. The fourth-order valence-electron chi connectivity index (χ4n) is 1.44. The number of benzene rings is 1. The highest BCUT2D eigenvalue weighted by molar-refractivity contribution is 7.89. The predicted octanol–water partition coefficient (Wildman–Crippen LogP) is 1.76. The quantitative estimate of drug-likeness (QED) is 0.839. The second-order valence-corrected chi connectivity index (χ2v) is 5.62. The van der Waals surface area contributed by atoms with Gasteiger partial charge in [0, 0.05) is 12.3 Å². The van der Waals surface area contributed by atoms with Crippen molar-refractivity contribution in [1.29, 1.82) is 0 Å². The average molecular weight is 300 g/mol. The molecule has 4 N–H and O–H groups in total. The van der Waals surface area contributed by atoms with E-state index in [1.807, 2.05) is 0 Å². The van der Waals surface area contributed by atoms with E-state index >= 15 is 0 Å². The molecular weight excluding hydrogens is 290 g/mol. The Balaban J connectivity index is 2.42. The molecule has 0 amide bonds. The van der Waals surface area contributed by atoms with Gasteiger partial charge in [-0.25, -0.2) is 13.6 Å². The molecular formula is C11H10ClN3O3S. The maximum atomic E-state index is 11.3. The number of nitrogens with zero attached hydrogens (tertiary/aromatic N) is 1. The summed E-state index contributed by atoms with van der Waals surface area (Å²) in [5.74, 6) is 0.501. The number of para-hydroxylation sites is 1. The molecule has 0 spiro atoms. The Bertz CT molecular complexity index is 719. The lowest BCUT2D eigenvalue weighted by atomic mass is 10.3. The van der Waals surface area contributed by atoms with E-state index in [0.717, 1.165) is 0 Å². The molecule has 100 valence electrons. The molecule has 2 rings (SSSR count). The topological polar surface area (TPSA) is 108 Å². The molecule has 19 heavy (non-hydrogen) atoms. The summed E-state index contributed by atoms with van der Waals surface area (Å²) in [4.78, 5) is 3.65. The Morgan fingerprint density at radius 3 is 2.63 bits per heavy atom. The largest absolute Gasteiger partial charge is 0.453 e. The third kappa shape index (κ3) is 3.14. The molecule has 0 aliphatic heterocycles. The van der Waals surface area contributed by atoms with Gasteiger partial charge in [0.25, 0.3) is 0 Å². The molecule has 0 fully saturated rings. The second kappa shape index (κ2) is 5.04. The number of hydrogen-bond donors (Lipinski definition) is 2. The van der Waals surface area contributed by atoms with E-state index in [9.17, 15) is 8.42 Å². The van der Waals surface area contributed by atoms with E-state index in [4.69, 9.17) is 27.2 Å². The summed E-state index contributed by atoms with van der Waals surface area (Å²) < 4.78 is 28.1. The lowest BCUT2D eigenvalue weighted by molar-refractivity contribution is 0.481. The number of anilines is 1. The number of hydrogen-bond acceptors (Lipinski definition) is 5. The smallest absolute Gasteiger partial charge is 0.240 e. The Kier molecular flexibility index (Phi) is 3.61. The maximum Gasteiger partial charge on any atom is 0.240 e. The van der Waals surface area contributed by atoms with E-state index in [-0.39, 0.29) is 16.3 Å². The third-order valence-electron chi connectivity index (χ3n) is 2.24. The minimum atomic E-state index is -3.90. The van der Waals surface area contributed by atoms with Crippen molar-refractivity contribution in [3.05, 3.63) is 41.7 Å². The summed E-state index contributed by atoms with van der Waals surface area (Å²) in [5, 5.41) is 5.43. The van der Waals surface area contributed by atoms with Crippen LogP contribution in [0.15, 0.2) is 41.6 Å². The summed E-state index contributed by atoms with van der Waals surface area (Å²) in [6, 6.07) is 5.82. The van der Waals surface area contributed by atoms with Crippen LogP contribution >= 0.6 is 11.6 Å². The van der Waals surface area contributed by atoms with Gasteiger partial charge in [-0.05, 0) is 12.1 Å². The molecule has 1 aromatic carbocycles. The summed E-state index contributed by atoms with van der Waals surface area (Å²) in [6.45, 7) is 0. The number of halogens is 1. The van der Waals surface area contributed by atoms with Gasteiger partial charge in [-0.1, -0.05) is 17.7 Å². The van der Waals surface area contributed by atoms with Crippen molar-refractivity contribution in [1.82, 2.24) is 4.98 Å². The summed E-state index contributed by atoms with van der Waals surface area (Å²) in [7, 11) is -3.90. The van der Waals surface area contributed by atoms with Crippen LogP contribution in [0, 0.1) is 0 Å². The van der Waals surface area contributed by atoms with Crippen LogP contribution in [-0.4, -0.2) is 13.4 Å². The van der Waals surface area contributed by atoms with Crippen LogP contribution in [-0.2, 0) is 10.0 Å². The summed E-state index contributed by atoms with van der Waals surface area (Å²) >= 11 is 5.77. The Hall–Kier alpha value is -1.83. The van der Waals surface area contributed by atoms with Crippen molar-refractivity contribution in [2.24, 2.45) is 5.14 Å². The van der Waals surface area contributed by atoms with Crippen LogP contribution in [0.3, 0.4) is 0 Å². The first-order valence-electron chi connectivity index (χ1n) is 5.07. The zero-order valence-corrected chi connectivity index (χ0v) is 11.1. The molecule has 6 nitrogen and oxygen atoms in total. The minimum absolute atomic E-state index is 0.0648. The summed E-state index contributed by atoms with van der Waals surface area (Å²) in [5.41, 5.74) is 5.65. The molecule has 8 heteroatoms. The van der Waals surface area contributed by atoms with Gasteiger partial charge in [-0.3, -0.25) is 4.98 Å². The normalized spacial score (nSPS) is 11.3. The van der Waals surface area contributed by atoms with E-state index in [0.29, 0.717) is 10.8 Å². The van der Waals surface area contributed by atoms with Crippen molar-refractivity contribution in [3.63, 3.8) is 0 Å². The van der Waals surface area contributed by atoms with Crippen molar-refractivity contribution in [2.75, 3.05) is 5.73 Å². The van der Waals surface area contributed by atoms with E-state index in [1.165, 1.54) is 36.7 Å². The SMILES string of the molecule is Nc1c(Oc2cncc(Cl)c2)cccc1S(N)(=O)=O. The van der Waals surface area contributed by atoms with Gasteiger partial charge in [0.1, 0.15) is 10.6 Å². The van der Waals surface area contributed by atoms with E-state index in [2.05, 4.69) is 4.98 Å². The van der Waals surface area contributed by atoms with Gasteiger partial charge in [0.2, 0.25) is 10.0 Å². The molecule has 0 bridgehead atoms. The van der Waals surface area contributed by atoms with Crippen LogP contribution < -0.4 is 15.6 Å². The number of nitrogen functional groups attached to an aromatic ring is 1. The van der Waals surface area contributed by atoms with Gasteiger partial charge in [-0.2, -0.15) is 0 Å². The molecule has 0 aliphatic rings. The first kappa shape index (κ1) is 13.6. The summed E-state index contributed by atoms with van der Waals surface area (Å²) in [6.07, 6.45) is 2.87. The van der Waals surface area contributed by atoms with Crippen LogP contribution in [0.25, 0.3) is 0 Å². The lowest BCUT2D eigenvalue weighted by Crippen LogP contribution is -2.14. The number of aromatic nitrogens is 1. The Morgan fingerprint density at radius 2 is 2.00 bits per heavy atom. The maximum absolute atomic E-state index is 11.3. The number of nitrogens with two attached hydrogens (primary N) is 2. The van der Waals surface area contributed by atoms with Crippen molar-refractivity contribution >= 4 is 27.3 Å². The van der Waals surface area contributed by atoms with Gasteiger partial charge < -0.3 is 10.5 Å². The van der Waals surface area contributed by atoms with E-state index < -0.39 is 10.0 Å². The van der Waals surface area contributed by atoms with Crippen LogP contribution in [0.5, 0.6) is 11.5 Å². The van der Waals surface area contributed by atoms with Crippen molar-refractivity contribution < 1.29 is 13.2 Å². The third-order valence-corrected chi connectivity index (χ3v) is 3.42. The first-order chi connectivity index (χ1) is 8.88. The molecule has 2 aromatic rings. The standard InChI is InChI=1S/C11H10ClN3O3S/c12-7-4-8(6-15-5-7)18-9-2-1-3-10(11(9)13)19(14,16)17/h1-6H,13H2,(H2,14,16,17).